The molecule has 4 aromatic heterocycles. The lowest BCUT2D eigenvalue weighted by Crippen LogP contribution is -2.43. The SMILES string of the molecule is Fc1cc(F)cc(Cn2cc(-c3c[nH]c4ncc(-c5ccc(N6CCNCC6)nc5)cc34)cn2)c1. The molecule has 1 aliphatic heterocycles. The number of rotatable bonds is 5. The first-order valence-corrected chi connectivity index (χ1v) is 11.5. The number of aromatic amines is 1. The molecular formula is C26H23F2N7. The Labute approximate surface area is 200 Å². The number of nitrogens with one attached hydrogen (secondary N) is 2. The fourth-order valence-corrected chi connectivity index (χ4v) is 4.52. The Morgan fingerprint density at radius 2 is 1.66 bits per heavy atom. The molecule has 0 atom stereocenters. The molecule has 1 aliphatic rings. The number of H-pyrrole nitrogens is 1. The number of halogens is 2. The van der Waals surface area contributed by atoms with E-state index >= 15 is 0 Å². The van der Waals surface area contributed by atoms with Gasteiger partial charge >= 0.3 is 0 Å². The number of hydrogen-bond acceptors (Lipinski definition) is 5. The molecule has 1 fully saturated rings. The molecule has 0 unspecified atom stereocenters. The van der Waals surface area contributed by atoms with Crippen LogP contribution in [0.1, 0.15) is 5.56 Å². The van der Waals surface area contributed by atoms with E-state index in [-0.39, 0.29) is 6.54 Å². The zero-order valence-corrected chi connectivity index (χ0v) is 18.9. The van der Waals surface area contributed by atoms with E-state index in [1.54, 1.807) is 10.9 Å². The summed E-state index contributed by atoms with van der Waals surface area (Å²) in [5.41, 5.74) is 5.09. The van der Waals surface area contributed by atoms with Crippen LogP contribution in [0.2, 0.25) is 0 Å². The van der Waals surface area contributed by atoms with Gasteiger partial charge in [-0.15, -0.1) is 0 Å². The van der Waals surface area contributed by atoms with Crippen LogP contribution in [-0.4, -0.2) is 50.9 Å². The van der Waals surface area contributed by atoms with Crippen molar-refractivity contribution in [2.45, 2.75) is 6.54 Å². The minimum absolute atomic E-state index is 0.269. The fourth-order valence-electron chi connectivity index (χ4n) is 4.52. The van der Waals surface area contributed by atoms with Crippen LogP contribution in [0.5, 0.6) is 0 Å². The molecule has 0 bridgehead atoms. The van der Waals surface area contributed by atoms with E-state index in [0.29, 0.717) is 5.56 Å². The third kappa shape index (κ3) is 4.38. The summed E-state index contributed by atoms with van der Waals surface area (Å²) in [7, 11) is 0. The van der Waals surface area contributed by atoms with Gasteiger partial charge in [-0.2, -0.15) is 5.10 Å². The van der Waals surface area contributed by atoms with E-state index in [2.05, 4.69) is 48.5 Å². The third-order valence-electron chi connectivity index (χ3n) is 6.26. The largest absolute Gasteiger partial charge is 0.354 e. The molecule has 0 radical (unpaired) electrons. The van der Waals surface area contributed by atoms with Crippen molar-refractivity contribution < 1.29 is 8.78 Å². The Balaban J connectivity index is 1.27. The van der Waals surface area contributed by atoms with Gasteiger partial charge in [0, 0.05) is 84.7 Å². The molecule has 7 nitrogen and oxygen atoms in total. The van der Waals surface area contributed by atoms with Crippen LogP contribution in [-0.2, 0) is 6.54 Å². The zero-order chi connectivity index (χ0) is 23.8. The summed E-state index contributed by atoms with van der Waals surface area (Å²) >= 11 is 0. The van der Waals surface area contributed by atoms with E-state index in [1.807, 2.05) is 24.8 Å². The average Bonchev–Trinajstić information content (AvgIpc) is 3.50. The maximum atomic E-state index is 13.5. The lowest BCUT2D eigenvalue weighted by Gasteiger charge is -2.28. The van der Waals surface area contributed by atoms with E-state index in [1.165, 1.54) is 12.1 Å². The Morgan fingerprint density at radius 1 is 0.857 bits per heavy atom. The number of nitrogens with zero attached hydrogens (tertiary/aromatic N) is 5. The van der Waals surface area contributed by atoms with Crippen molar-refractivity contribution in [2.24, 2.45) is 0 Å². The Bertz CT molecular complexity index is 1460. The molecule has 9 heteroatoms. The summed E-state index contributed by atoms with van der Waals surface area (Å²) in [6, 6.07) is 9.72. The molecule has 0 aliphatic carbocycles. The van der Waals surface area contributed by atoms with Crippen molar-refractivity contribution >= 4 is 16.9 Å². The molecule has 5 aromatic rings. The van der Waals surface area contributed by atoms with E-state index in [4.69, 9.17) is 0 Å². The van der Waals surface area contributed by atoms with Crippen molar-refractivity contribution in [2.75, 3.05) is 31.1 Å². The van der Waals surface area contributed by atoms with Crippen molar-refractivity contribution in [1.29, 1.82) is 0 Å². The monoisotopic (exact) mass is 471 g/mol. The number of hydrogen-bond donors (Lipinski definition) is 2. The second-order valence-electron chi connectivity index (χ2n) is 8.67. The van der Waals surface area contributed by atoms with Gasteiger partial charge in [-0.05, 0) is 35.9 Å². The second-order valence-corrected chi connectivity index (χ2v) is 8.67. The molecule has 176 valence electrons. The van der Waals surface area contributed by atoms with E-state index in [0.717, 1.165) is 71.4 Å². The van der Waals surface area contributed by atoms with Gasteiger partial charge in [-0.25, -0.2) is 18.7 Å². The van der Waals surface area contributed by atoms with Crippen molar-refractivity contribution in [3.05, 3.63) is 84.6 Å². The van der Waals surface area contributed by atoms with Crippen LogP contribution in [0.15, 0.2) is 67.4 Å². The van der Waals surface area contributed by atoms with Gasteiger partial charge in [0.05, 0.1) is 12.7 Å². The van der Waals surface area contributed by atoms with Crippen molar-refractivity contribution in [3.8, 4) is 22.3 Å². The Hall–Kier alpha value is -4.11. The normalized spacial score (nSPS) is 14.1. The van der Waals surface area contributed by atoms with Crippen molar-refractivity contribution in [1.82, 2.24) is 30.0 Å². The lowest BCUT2D eigenvalue weighted by molar-refractivity contribution is 0.574. The summed E-state index contributed by atoms with van der Waals surface area (Å²) < 4.78 is 28.7. The Morgan fingerprint density at radius 3 is 2.43 bits per heavy atom. The minimum Gasteiger partial charge on any atom is -0.354 e. The highest BCUT2D eigenvalue weighted by Crippen LogP contribution is 2.31. The van der Waals surface area contributed by atoms with Crippen LogP contribution in [0.3, 0.4) is 0 Å². The van der Waals surface area contributed by atoms with Gasteiger partial charge < -0.3 is 15.2 Å². The quantitative estimate of drug-likeness (QED) is 0.402. The second kappa shape index (κ2) is 8.92. The molecular weight excluding hydrogens is 448 g/mol. The lowest BCUT2D eigenvalue weighted by atomic mass is 10.1. The molecule has 2 N–H and O–H groups in total. The predicted octanol–water partition coefficient (Wildman–Crippen LogP) is 4.22. The number of piperazine rings is 1. The summed E-state index contributed by atoms with van der Waals surface area (Å²) in [6.45, 7) is 4.11. The van der Waals surface area contributed by atoms with Crippen LogP contribution in [0.25, 0.3) is 33.3 Å². The highest BCUT2D eigenvalue weighted by molar-refractivity contribution is 5.95. The van der Waals surface area contributed by atoms with Crippen LogP contribution >= 0.6 is 0 Å². The maximum absolute atomic E-state index is 13.5. The number of pyridine rings is 2. The summed E-state index contributed by atoms with van der Waals surface area (Å²) in [5.74, 6) is -0.214. The molecule has 1 aromatic carbocycles. The number of aromatic nitrogens is 5. The summed E-state index contributed by atoms with van der Waals surface area (Å²) in [5, 5.41) is 8.71. The van der Waals surface area contributed by atoms with Gasteiger partial charge in [0.25, 0.3) is 0 Å². The highest BCUT2D eigenvalue weighted by atomic mass is 19.1. The van der Waals surface area contributed by atoms with Crippen LogP contribution in [0, 0.1) is 11.6 Å². The van der Waals surface area contributed by atoms with Gasteiger partial charge in [0.2, 0.25) is 0 Å². The van der Waals surface area contributed by atoms with Crippen molar-refractivity contribution in [3.63, 3.8) is 0 Å². The smallest absolute Gasteiger partial charge is 0.137 e. The number of anilines is 1. The standard InChI is InChI=1S/C26H23F2N7/c27-21-7-17(8-22(28)10-21)15-35-16-20(13-33-35)24-14-32-26-23(24)9-19(12-31-26)18-1-2-25(30-11-18)34-5-3-29-4-6-34/h1-2,7-14,16,29H,3-6,15H2,(H,31,32). The van der Waals surface area contributed by atoms with Crippen LogP contribution < -0.4 is 10.2 Å². The maximum Gasteiger partial charge on any atom is 0.137 e. The number of fused-ring (bicyclic) bond motifs is 1. The molecule has 1 saturated heterocycles. The van der Waals surface area contributed by atoms with Gasteiger partial charge in [-0.3, -0.25) is 4.68 Å². The molecule has 0 saturated carbocycles. The van der Waals surface area contributed by atoms with E-state index in [9.17, 15) is 8.78 Å². The summed E-state index contributed by atoms with van der Waals surface area (Å²) in [6.07, 6.45) is 9.24. The molecule has 6 rings (SSSR count). The third-order valence-corrected chi connectivity index (χ3v) is 6.26. The van der Waals surface area contributed by atoms with Gasteiger partial charge in [-0.1, -0.05) is 0 Å². The summed E-state index contributed by atoms with van der Waals surface area (Å²) in [4.78, 5) is 14.8. The topological polar surface area (TPSA) is 74.7 Å². The average molecular weight is 472 g/mol. The Kier molecular flexibility index (Phi) is 5.46. The molecule has 5 heterocycles. The predicted molar refractivity (Wildman–Crippen MR) is 131 cm³/mol. The molecule has 0 spiro atoms. The van der Waals surface area contributed by atoms with Crippen LogP contribution in [0.4, 0.5) is 14.6 Å². The zero-order valence-electron chi connectivity index (χ0n) is 18.9. The first-order chi connectivity index (χ1) is 17.1. The van der Waals surface area contributed by atoms with Gasteiger partial charge in [0.1, 0.15) is 23.1 Å². The van der Waals surface area contributed by atoms with Gasteiger partial charge in [0.15, 0.2) is 0 Å². The fraction of sp³-hybridized carbons (Fsp3) is 0.192. The van der Waals surface area contributed by atoms with E-state index < -0.39 is 11.6 Å². The molecule has 35 heavy (non-hydrogen) atoms. The molecule has 0 amide bonds. The first kappa shape index (κ1) is 21.4. The minimum atomic E-state index is -0.599. The number of benzene rings is 1. The first-order valence-electron chi connectivity index (χ1n) is 11.5. The highest BCUT2D eigenvalue weighted by Gasteiger charge is 2.14.